The van der Waals surface area contributed by atoms with Crippen LogP contribution < -0.4 is 5.32 Å². The van der Waals surface area contributed by atoms with E-state index in [1.807, 2.05) is 0 Å². The van der Waals surface area contributed by atoms with E-state index in [9.17, 15) is 9.90 Å². The van der Waals surface area contributed by atoms with Crippen LogP contribution in [0.2, 0.25) is 0 Å². The van der Waals surface area contributed by atoms with Gasteiger partial charge in [0.05, 0.1) is 0 Å². The van der Waals surface area contributed by atoms with Crippen LogP contribution in [-0.2, 0) is 4.79 Å². The minimum atomic E-state index is -0.724. The molecule has 0 amide bonds. The highest BCUT2D eigenvalue weighted by Gasteiger charge is 2.52. The Bertz CT molecular complexity index is 304. The van der Waals surface area contributed by atoms with Crippen LogP contribution in [0, 0.1) is 11.8 Å². The molecular formula is C13H24N2O2. The van der Waals surface area contributed by atoms with Crippen molar-refractivity contribution in [2.45, 2.75) is 44.7 Å². The van der Waals surface area contributed by atoms with Gasteiger partial charge in [0.25, 0.3) is 0 Å². The average molecular weight is 240 g/mol. The third kappa shape index (κ3) is 2.33. The number of likely N-dealkylation sites (N-methyl/N-ethyl adjacent to an activating group) is 1. The van der Waals surface area contributed by atoms with Gasteiger partial charge in [0.15, 0.2) is 0 Å². The van der Waals surface area contributed by atoms with Gasteiger partial charge in [-0.15, -0.1) is 0 Å². The SMILES string of the molecule is CNC(CN1CC(C)CC1C)(C(=O)O)C1CC1. The molecule has 3 unspecified atom stereocenters. The molecule has 2 N–H and O–H groups in total. The molecule has 0 bridgehead atoms. The number of rotatable bonds is 5. The van der Waals surface area contributed by atoms with Crippen molar-refractivity contribution in [3.8, 4) is 0 Å². The van der Waals surface area contributed by atoms with Crippen molar-refractivity contribution in [2.24, 2.45) is 11.8 Å². The molecule has 0 aromatic heterocycles. The van der Waals surface area contributed by atoms with Gasteiger partial charge < -0.3 is 10.4 Å². The minimum Gasteiger partial charge on any atom is -0.480 e. The molecule has 2 fully saturated rings. The van der Waals surface area contributed by atoms with Gasteiger partial charge in [0, 0.05) is 19.1 Å². The first-order valence-electron chi connectivity index (χ1n) is 6.66. The number of carboxylic acids is 1. The largest absolute Gasteiger partial charge is 0.480 e. The van der Waals surface area contributed by atoms with Crippen LogP contribution >= 0.6 is 0 Å². The van der Waals surface area contributed by atoms with Gasteiger partial charge in [-0.2, -0.15) is 0 Å². The van der Waals surface area contributed by atoms with E-state index in [1.165, 1.54) is 6.42 Å². The highest BCUT2D eigenvalue weighted by Crippen LogP contribution is 2.41. The summed E-state index contributed by atoms with van der Waals surface area (Å²) in [5.41, 5.74) is -0.724. The Morgan fingerprint density at radius 1 is 1.47 bits per heavy atom. The molecule has 4 nitrogen and oxygen atoms in total. The first kappa shape index (κ1) is 12.8. The van der Waals surface area contributed by atoms with Crippen molar-refractivity contribution in [1.29, 1.82) is 0 Å². The van der Waals surface area contributed by atoms with Crippen molar-refractivity contribution < 1.29 is 9.90 Å². The van der Waals surface area contributed by atoms with Crippen molar-refractivity contribution in [3.05, 3.63) is 0 Å². The van der Waals surface area contributed by atoms with Gasteiger partial charge in [0.2, 0.25) is 0 Å². The number of nitrogens with zero attached hydrogens (tertiary/aromatic N) is 1. The summed E-state index contributed by atoms with van der Waals surface area (Å²) in [5, 5.41) is 12.7. The zero-order valence-corrected chi connectivity index (χ0v) is 11.1. The maximum atomic E-state index is 11.6. The molecule has 2 rings (SSSR count). The monoisotopic (exact) mass is 240 g/mol. The maximum absolute atomic E-state index is 11.6. The van der Waals surface area contributed by atoms with Gasteiger partial charge in [-0.1, -0.05) is 6.92 Å². The van der Waals surface area contributed by atoms with E-state index in [2.05, 4.69) is 24.1 Å². The van der Waals surface area contributed by atoms with Crippen molar-refractivity contribution in [3.63, 3.8) is 0 Å². The molecule has 1 saturated heterocycles. The number of aliphatic carboxylic acids is 1. The molecule has 0 radical (unpaired) electrons. The van der Waals surface area contributed by atoms with Crippen molar-refractivity contribution in [1.82, 2.24) is 10.2 Å². The zero-order valence-electron chi connectivity index (χ0n) is 11.1. The van der Waals surface area contributed by atoms with E-state index < -0.39 is 11.5 Å². The van der Waals surface area contributed by atoms with Gasteiger partial charge in [-0.25, -0.2) is 0 Å². The summed E-state index contributed by atoms with van der Waals surface area (Å²) in [7, 11) is 1.79. The highest BCUT2D eigenvalue weighted by atomic mass is 16.4. The number of hydrogen-bond acceptors (Lipinski definition) is 3. The molecule has 4 heteroatoms. The predicted molar refractivity (Wildman–Crippen MR) is 67.0 cm³/mol. The van der Waals surface area contributed by atoms with Crippen LogP contribution in [0.1, 0.15) is 33.1 Å². The lowest BCUT2D eigenvalue weighted by atomic mass is 9.92. The van der Waals surface area contributed by atoms with E-state index in [1.54, 1.807) is 7.05 Å². The molecule has 0 aromatic rings. The third-order valence-electron chi connectivity index (χ3n) is 4.47. The van der Waals surface area contributed by atoms with E-state index in [4.69, 9.17) is 0 Å². The van der Waals surface area contributed by atoms with E-state index in [0.29, 0.717) is 24.4 Å². The summed E-state index contributed by atoms with van der Waals surface area (Å²) in [6.45, 7) is 6.13. The lowest BCUT2D eigenvalue weighted by Gasteiger charge is -2.35. The fourth-order valence-electron chi connectivity index (χ4n) is 3.26. The average Bonchev–Trinajstić information content (AvgIpc) is 3.03. The second kappa shape index (κ2) is 4.58. The summed E-state index contributed by atoms with van der Waals surface area (Å²) >= 11 is 0. The molecule has 1 aliphatic carbocycles. The quantitative estimate of drug-likeness (QED) is 0.757. The summed E-state index contributed by atoms with van der Waals surface area (Å²) in [6, 6.07) is 0.510. The van der Waals surface area contributed by atoms with Crippen LogP contribution in [0.15, 0.2) is 0 Å². The Morgan fingerprint density at radius 2 is 2.12 bits per heavy atom. The molecule has 2 aliphatic rings. The van der Waals surface area contributed by atoms with Crippen molar-refractivity contribution in [2.75, 3.05) is 20.1 Å². The Kier molecular flexibility index (Phi) is 3.46. The lowest BCUT2D eigenvalue weighted by Crippen LogP contribution is -2.60. The first-order valence-corrected chi connectivity index (χ1v) is 6.66. The molecule has 0 spiro atoms. The summed E-state index contributed by atoms with van der Waals surface area (Å²) in [6.07, 6.45) is 3.28. The lowest BCUT2D eigenvalue weighted by molar-refractivity contribution is -0.146. The molecule has 1 heterocycles. The van der Waals surface area contributed by atoms with Crippen molar-refractivity contribution >= 4 is 5.97 Å². The molecule has 0 aromatic carbocycles. The number of carboxylic acid groups (broad SMARTS) is 1. The second-order valence-electron chi connectivity index (χ2n) is 5.92. The first-order chi connectivity index (χ1) is 7.99. The number of nitrogens with one attached hydrogen (secondary N) is 1. The summed E-state index contributed by atoms with van der Waals surface area (Å²) in [5.74, 6) is 0.315. The fraction of sp³-hybridized carbons (Fsp3) is 0.923. The predicted octanol–water partition coefficient (Wildman–Crippen LogP) is 1.17. The van der Waals surface area contributed by atoms with Gasteiger partial charge in [-0.05, 0) is 45.1 Å². The number of carbonyl (C=O) groups is 1. The van der Waals surface area contributed by atoms with Gasteiger partial charge >= 0.3 is 5.97 Å². The minimum absolute atomic E-state index is 0.313. The fourth-order valence-corrected chi connectivity index (χ4v) is 3.26. The van der Waals surface area contributed by atoms with Gasteiger partial charge in [0.1, 0.15) is 5.54 Å². The smallest absolute Gasteiger partial charge is 0.325 e. The zero-order chi connectivity index (χ0) is 12.6. The molecule has 1 aliphatic heterocycles. The van der Waals surface area contributed by atoms with Crippen LogP contribution in [0.4, 0.5) is 0 Å². The highest BCUT2D eigenvalue weighted by molar-refractivity contribution is 5.80. The molecule has 17 heavy (non-hydrogen) atoms. The Hall–Kier alpha value is -0.610. The van der Waals surface area contributed by atoms with Crippen LogP contribution in [0.3, 0.4) is 0 Å². The number of likely N-dealkylation sites (tertiary alicyclic amines) is 1. The van der Waals surface area contributed by atoms with Crippen LogP contribution in [0.5, 0.6) is 0 Å². The molecular weight excluding hydrogens is 216 g/mol. The van der Waals surface area contributed by atoms with Gasteiger partial charge in [-0.3, -0.25) is 9.69 Å². The Balaban J connectivity index is 2.10. The normalized spacial score (nSPS) is 33.6. The molecule has 1 saturated carbocycles. The van der Waals surface area contributed by atoms with E-state index in [-0.39, 0.29) is 0 Å². The second-order valence-corrected chi connectivity index (χ2v) is 5.92. The molecule has 3 atom stereocenters. The topological polar surface area (TPSA) is 52.6 Å². The van der Waals surface area contributed by atoms with Crippen LogP contribution in [0.25, 0.3) is 0 Å². The number of hydrogen-bond donors (Lipinski definition) is 2. The van der Waals surface area contributed by atoms with Crippen LogP contribution in [-0.4, -0.2) is 47.7 Å². The Labute approximate surface area is 103 Å². The Morgan fingerprint density at radius 3 is 2.47 bits per heavy atom. The maximum Gasteiger partial charge on any atom is 0.325 e. The van der Waals surface area contributed by atoms with E-state index in [0.717, 1.165) is 19.4 Å². The summed E-state index contributed by atoms with van der Waals surface area (Å²) in [4.78, 5) is 14.0. The third-order valence-corrected chi connectivity index (χ3v) is 4.47. The molecule has 98 valence electrons. The van der Waals surface area contributed by atoms with E-state index >= 15 is 0 Å². The summed E-state index contributed by atoms with van der Waals surface area (Å²) < 4.78 is 0. The standard InChI is InChI=1S/C13H24N2O2/c1-9-6-10(2)15(7-9)8-13(14-3,12(16)17)11-4-5-11/h9-11,14H,4-8H2,1-3H3,(H,16,17).